The van der Waals surface area contributed by atoms with Crippen LogP contribution in [0.15, 0.2) is 30.6 Å². The minimum Gasteiger partial charge on any atom is -0.352 e. The molecule has 0 spiro atoms. The Labute approximate surface area is 110 Å². The van der Waals surface area contributed by atoms with Crippen molar-refractivity contribution in [3.05, 3.63) is 47.5 Å². The van der Waals surface area contributed by atoms with Gasteiger partial charge in [0.1, 0.15) is 5.82 Å². The number of nitrogens with zero attached hydrogens (tertiary/aromatic N) is 3. The SMILES string of the molecule is Cc1ccc(F)c(C(=O)NCCCn2ccnn2)c1. The van der Waals surface area contributed by atoms with Crippen LogP contribution >= 0.6 is 0 Å². The van der Waals surface area contributed by atoms with Gasteiger partial charge in [0.25, 0.3) is 5.91 Å². The number of hydrogen-bond acceptors (Lipinski definition) is 3. The second-order valence-corrected chi connectivity index (χ2v) is 4.26. The third kappa shape index (κ3) is 3.61. The summed E-state index contributed by atoms with van der Waals surface area (Å²) in [5, 5.41) is 10.2. The summed E-state index contributed by atoms with van der Waals surface area (Å²) in [6.45, 7) is 2.95. The van der Waals surface area contributed by atoms with Crippen LogP contribution in [-0.4, -0.2) is 27.4 Å². The van der Waals surface area contributed by atoms with E-state index >= 15 is 0 Å². The standard InChI is InChI=1S/C13H15FN4O/c1-10-3-4-12(14)11(9-10)13(19)15-5-2-7-18-8-6-16-17-18/h3-4,6,8-9H,2,5,7H2,1H3,(H,15,19). The van der Waals surface area contributed by atoms with E-state index in [4.69, 9.17) is 0 Å². The Kier molecular flexibility index (Phi) is 4.22. The molecule has 2 aromatic rings. The first kappa shape index (κ1) is 13.2. The van der Waals surface area contributed by atoms with Crippen LogP contribution < -0.4 is 5.32 Å². The predicted octanol–water partition coefficient (Wildman–Crippen LogP) is 1.55. The lowest BCUT2D eigenvalue weighted by molar-refractivity contribution is 0.0948. The van der Waals surface area contributed by atoms with Crippen LogP contribution in [0, 0.1) is 12.7 Å². The first-order valence-corrected chi connectivity index (χ1v) is 6.05. The summed E-state index contributed by atoms with van der Waals surface area (Å²) in [6, 6.07) is 4.48. The number of benzene rings is 1. The average molecular weight is 262 g/mol. The minimum atomic E-state index is -0.501. The minimum absolute atomic E-state index is 0.0840. The largest absolute Gasteiger partial charge is 0.352 e. The molecule has 1 N–H and O–H groups in total. The van der Waals surface area contributed by atoms with Gasteiger partial charge < -0.3 is 5.32 Å². The molecule has 0 saturated carbocycles. The van der Waals surface area contributed by atoms with Gasteiger partial charge >= 0.3 is 0 Å². The van der Waals surface area contributed by atoms with Gasteiger partial charge in [-0.05, 0) is 25.5 Å². The van der Waals surface area contributed by atoms with Gasteiger partial charge in [0, 0.05) is 19.3 Å². The third-order valence-electron chi connectivity index (χ3n) is 2.69. The third-order valence-corrected chi connectivity index (χ3v) is 2.69. The molecule has 2 rings (SSSR count). The van der Waals surface area contributed by atoms with Crippen molar-refractivity contribution in [3.63, 3.8) is 0 Å². The average Bonchev–Trinajstić information content (AvgIpc) is 2.90. The van der Waals surface area contributed by atoms with E-state index in [1.165, 1.54) is 6.07 Å². The van der Waals surface area contributed by atoms with Crippen LogP contribution in [-0.2, 0) is 6.54 Å². The molecular formula is C13H15FN4O. The Hall–Kier alpha value is -2.24. The molecule has 0 saturated heterocycles. The summed E-state index contributed by atoms with van der Waals surface area (Å²) in [4.78, 5) is 11.8. The Balaban J connectivity index is 1.82. The molecule has 0 atom stereocenters. The summed E-state index contributed by atoms with van der Waals surface area (Å²) in [5.74, 6) is -0.890. The van der Waals surface area contributed by atoms with E-state index in [0.717, 1.165) is 5.56 Å². The van der Waals surface area contributed by atoms with E-state index in [-0.39, 0.29) is 11.5 Å². The molecule has 1 aromatic heterocycles. The molecule has 0 aliphatic rings. The van der Waals surface area contributed by atoms with Gasteiger partial charge in [0.15, 0.2) is 0 Å². The molecule has 0 aliphatic heterocycles. The molecule has 1 amide bonds. The second kappa shape index (κ2) is 6.08. The van der Waals surface area contributed by atoms with Crippen molar-refractivity contribution in [2.24, 2.45) is 0 Å². The van der Waals surface area contributed by atoms with Crippen LogP contribution in [0.2, 0.25) is 0 Å². The van der Waals surface area contributed by atoms with Crippen molar-refractivity contribution in [1.82, 2.24) is 20.3 Å². The summed E-state index contributed by atoms with van der Waals surface area (Å²) in [7, 11) is 0. The molecule has 19 heavy (non-hydrogen) atoms. The highest BCUT2D eigenvalue weighted by Crippen LogP contribution is 2.09. The van der Waals surface area contributed by atoms with Crippen molar-refractivity contribution in [2.75, 3.05) is 6.54 Å². The lowest BCUT2D eigenvalue weighted by Gasteiger charge is -2.06. The normalized spacial score (nSPS) is 10.4. The number of halogens is 1. The van der Waals surface area contributed by atoms with Gasteiger partial charge in [-0.25, -0.2) is 4.39 Å². The first-order valence-electron chi connectivity index (χ1n) is 6.05. The zero-order valence-electron chi connectivity index (χ0n) is 10.6. The van der Waals surface area contributed by atoms with Crippen molar-refractivity contribution in [2.45, 2.75) is 19.9 Å². The zero-order valence-corrected chi connectivity index (χ0v) is 10.6. The Morgan fingerprint density at radius 3 is 3.05 bits per heavy atom. The van der Waals surface area contributed by atoms with Gasteiger partial charge in [0.05, 0.1) is 11.8 Å². The summed E-state index contributed by atoms with van der Waals surface area (Å²) in [6.07, 6.45) is 4.06. The van der Waals surface area contributed by atoms with Crippen LogP contribution in [0.4, 0.5) is 4.39 Å². The van der Waals surface area contributed by atoms with Gasteiger partial charge in [-0.1, -0.05) is 16.8 Å². The number of amides is 1. The summed E-state index contributed by atoms with van der Waals surface area (Å²) < 4.78 is 15.1. The maximum atomic E-state index is 13.5. The van der Waals surface area contributed by atoms with Crippen LogP contribution in [0.25, 0.3) is 0 Å². The number of rotatable bonds is 5. The van der Waals surface area contributed by atoms with Crippen molar-refractivity contribution < 1.29 is 9.18 Å². The maximum absolute atomic E-state index is 13.5. The predicted molar refractivity (Wildman–Crippen MR) is 68.1 cm³/mol. The van der Waals surface area contributed by atoms with E-state index < -0.39 is 5.82 Å². The molecule has 0 radical (unpaired) electrons. The van der Waals surface area contributed by atoms with E-state index in [2.05, 4.69) is 15.6 Å². The quantitative estimate of drug-likeness (QED) is 0.832. The topological polar surface area (TPSA) is 59.8 Å². The molecule has 5 nitrogen and oxygen atoms in total. The van der Waals surface area contributed by atoms with E-state index in [9.17, 15) is 9.18 Å². The Morgan fingerprint density at radius 1 is 1.47 bits per heavy atom. The Morgan fingerprint density at radius 2 is 2.32 bits per heavy atom. The second-order valence-electron chi connectivity index (χ2n) is 4.26. The Bertz CT molecular complexity index is 554. The van der Waals surface area contributed by atoms with Crippen LogP contribution in [0.5, 0.6) is 0 Å². The highest BCUT2D eigenvalue weighted by molar-refractivity contribution is 5.94. The molecule has 0 unspecified atom stereocenters. The fraction of sp³-hybridized carbons (Fsp3) is 0.308. The van der Waals surface area contributed by atoms with Crippen LogP contribution in [0.1, 0.15) is 22.3 Å². The molecule has 0 fully saturated rings. The molecular weight excluding hydrogens is 247 g/mol. The van der Waals surface area contributed by atoms with Crippen molar-refractivity contribution >= 4 is 5.91 Å². The highest BCUT2D eigenvalue weighted by atomic mass is 19.1. The fourth-order valence-corrected chi connectivity index (χ4v) is 1.70. The van der Waals surface area contributed by atoms with Crippen LogP contribution in [0.3, 0.4) is 0 Å². The lowest BCUT2D eigenvalue weighted by Crippen LogP contribution is -2.26. The molecule has 0 aliphatic carbocycles. The van der Waals surface area contributed by atoms with E-state index in [1.807, 2.05) is 6.92 Å². The van der Waals surface area contributed by atoms with Crippen molar-refractivity contribution in [3.8, 4) is 0 Å². The number of aryl methyl sites for hydroxylation is 2. The molecule has 6 heteroatoms. The molecule has 1 heterocycles. The number of carbonyl (C=O) groups is 1. The van der Waals surface area contributed by atoms with E-state index in [0.29, 0.717) is 19.5 Å². The maximum Gasteiger partial charge on any atom is 0.254 e. The number of carbonyl (C=O) groups excluding carboxylic acids is 1. The fourth-order valence-electron chi connectivity index (χ4n) is 1.70. The molecule has 0 bridgehead atoms. The lowest BCUT2D eigenvalue weighted by atomic mass is 10.1. The smallest absolute Gasteiger partial charge is 0.254 e. The zero-order chi connectivity index (χ0) is 13.7. The highest BCUT2D eigenvalue weighted by Gasteiger charge is 2.10. The van der Waals surface area contributed by atoms with Gasteiger partial charge in [-0.2, -0.15) is 0 Å². The van der Waals surface area contributed by atoms with Gasteiger partial charge in [0.2, 0.25) is 0 Å². The van der Waals surface area contributed by atoms with Gasteiger partial charge in [-0.15, -0.1) is 5.10 Å². The monoisotopic (exact) mass is 262 g/mol. The molecule has 100 valence electrons. The summed E-state index contributed by atoms with van der Waals surface area (Å²) >= 11 is 0. The first-order chi connectivity index (χ1) is 9.16. The summed E-state index contributed by atoms with van der Waals surface area (Å²) in [5.41, 5.74) is 0.940. The molecule has 1 aromatic carbocycles. The van der Waals surface area contributed by atoms with Crippen molar-refractivity contribution in [1.29, 1.82) is 0 Å². The van der Waals surface area contributed by atoms with Gasteiger partial charge in [-0.3, -0.25) is 9.48 Å². The number of hydrogen-bond donors (Lipinski definition) is 1. The number of aromatic nitrogens is 3. The number of nitrogens with one attached hydrogen (secondary N) is 1. The van der Waals surface area contributed by atoms with E-state index in [1.54, 1.807) is 29.2 Å².